The highest BCUT2D eigenvalue weighted by atomic mass is 16.5. The minimum atomic E-state index is -0.0703. The van der Waals surface area contributed by atoms with Gasteiger partial charge >= 0.3 is 0 Å². The summed E-state index contributed by atoms with van der Waals surface area (Å²) in [6, 6.07) is 17.9. The number of carbonyl (C=O) groups excluding carboxylic acids is 1. The number of nitrogens with one attached hydrogen (secondary N) is 1. The Kier molecular flexibility index (Phi) is 5.65. The fourth-order valence-corrected chi connectivity index (χ4v) is 3.86. The highest BCUT2D eigenvalue weighted by molar-refractivity contribution is 5.94. The number of methoxy groups -OCH3 is 1. The van der Waals surface area contributed by atoms with Crippen molar-refractivity contribution in [3.05, 3.63) is 65.9 Å². The van der Waals surface area contributed by atoms with Gasteiger partial charge in [-0.15, -0.1) is 0 Å². The molecule has 0 aliphatic heterocycles. The molecule has 1 fully saturated rings. The molecule has 1 aromatic heterocycles. The molecule has 0 bridgehead atoms. The van der Waals surface area contributed by atoms with E-state index in [1.165, 1.54) is 24.8 Å². The van der Waals surface area contributed by atoms with E-state index < -0.39 is 0 Å². The highest BCUT2D eigenvalue weighted by Crippen LogP contribution is 2.26. The minimum absolute atomic E-state index is 0.0703. The molecule has 4 rings (SSSR count). The largest absolute Gasteiger partial charge is 0.497 e. The lowest BCUT2D eigenvalue weighted by molar-refractivity contribution is 0.0920. The van der Waals surface area contributed by atoms with E-state index in [-0.39, 0.29) is 11.9 Å². The van der Waals surface area contributed by atoms with Gasteiger partial charge in [-0.3, -0.25) is 4.79 Å². The molecular weight excluding hydrogens is 362 g/mol. The molecule has 3 aromatic rings. The normalized spacial score (nSPS) is 14.6. The van der Waals surface area contributed by atoms with E-state index in [1.54, 1.807) is 11.8 Å². The number of ether oxygens (including phenoxy) is 1. The number of amides is 1. The smallest absolute Gasteiger partial charge is 0.270 e. The second-order valence-corrected chi connectivity index (χ2v) is 7.70. The van der Waals surface area contributed by atoms with E-state index in [0.717, 1.165) is 35.5 Å². The molecule has 2 aromatic carbocycles. The zero-order valence-electron chi connectivity index (χ0n) is 17.0. The minimum Gasteiger partial charge on any atom is -0.497 e. The number of rotatable bonds is 5. The SMILES string of the molecule is COc1cccc(-c2cc(C(=O)NC3CCCCC3)n(-c3ccc(C)cc3)n2)c1. The van der Waals surface area contributed by atoms with Crippen LogP contribution in [-0.2, 0) is 0 Å². The van der Waals surface area contributed by atoms with Crippen LogP contribution in [0.3, 0.4) is 0 Å². The Hall–Kier alpha value is -3.08. The van der Waals surface area contributed by atoms with Crippen LogP contribution in [0.4, 0.5) is 0 Å². The maximum atomic E-state index is 13.1. The summed E-state index contributed by atoms with van der Waals surface area (Å²) in [6.07, 6.45) is 5.71. The summed E-state index contributed by atoms with van der Waals surface area (Å²) in [5.74, 6) is 0.694. The maximum Gasteiger partial charge on any atom is 0.270 e. The molecular formula is C24H27N3O2. The van der Waals surface area contributed by atoms with Gasteiger partial charge in [-0.1, -0.05) is 49.1 Å². The Morgan fingerprint density at radius 1 is 1.07 bits per heavy atom. The predicted octanol–water partition coefficient (Wildman–Crippen LogP) is 4.92. The van der Waals surface area contributed by atoms with Crippen molar-refractivity contribution in [1.82, 2.24) is 15.1 Å². The topological polar surface area (TPSA) is 56.1 Å². The average molecular weight is 389 g/mol. The first-order valence-electron chi connectivity index (χ1n) is 10.3. The Labute approximate surface area is 171 Å². The fraction of sp³-hybridized carbons (Fsp3) is 0.333. The van der Waals surface area contributed by atoms with Crippen LogP contribution >= 0.6 is 0 Å². The molecule has 1 heterocycles. The molecule has 5 heteroatoms. The van der Waals surface area contributed by atoms with Gasteiger partial charge in [0, 0.05) is 11.6 Å². The van der Waals surface area contributed by atoms with Crippen LogP contribution in [0, 0.1) is 6.92 Å². The number of hydrogen-bond donors (Lipinski definition) is 1. The van der Waals surface area contributed by atoms with Crippen molar-refractivity contribution in [2.24, 2.45) is 0 Å². The molecule has 1 saturated carbocycles. The van der Waals surface area contributed by atoms with Crippen molar-refractivity contribution < 1.29 is 9.53 Å². The Bertz CT molecular complexity index is 986. The van der Waals surface area contributed by atoms with Crippen molar-refractivity contribution in [3.63, 3.8) is 0 Å². The standard InChI is InChI=1S/C24H27N3O2/c1-17-11-13-20(14-12-17)27-23(24(28)25-19-8-4-3-5-9-19)16-22(26-27)18-7-6-10-21(15-18)29-2/h6-7,10-16,19H,3-5,8-9H2,1-2H3,(H,25,28). The first-order valence-corrected chi connectivity index (χ1v) is 10.3. The van der Waals surface area contributed by atoms with Gasteiger partial charge in [0.1, 0.15) is 11.4 Å². The first kappa shape index (κ1) is 19.2. The van der Waals surface area contributed by atoms with Crippen molar-refractivity contribution in [1.29, 1.82) is 0 Å². The number of carbonyl (C=O) groups is 1. The predicted molar refractivity (Wildman–Crippen MR) is 115 cm³/mol. The fourth-order valence-electron chi connectivity index (χ4n) is 3.86. The molecule has 1 amide bonds. The molecule has 0 radical (unpaired) electrons. The number of benzene rings is 2. The second kappa shape index (κ2) is 8.52. The molecule has 1 N–H and O–H groups in total. The first-order chi connectivity index (χ1) is 14.1. The summed E-state index contributed by atoms with van der Waals surface area (Å²) in [5.41, 5.74) is 4.26. The summed E-state index contributed by atoms with van der Waals surface area (Å²) < 4.78 is 7.09. The van der Waals surface area contributed by atoms with Crippen LogP contribution in [0.2, 0.25) is 0 Å². The van der Waals surface area contributed by atoms with E-state index >= 15 is 0 Å². The van der Waals surface area contributed by atoms with Gasteiger partial charge in [0.2, 0.25) is 0 Å². The molecule has 0 saturated heterocycles. The van der Waals surface area contributed by atoms with Crippen molar-refractivity contribution in [2.45, 2.75) is 45.1 Å². The lowest BCUT2D eigenvalue weighted by atomic mass is 9.95. The summed E-state index contributed by atoms with van der Waals surface area (Å²) in [6.45, 7) is 2.05. The van der Waals surface area contributed by atoms with Gasteiger partial charge in [0.25, 0.3) is 5.91 Å². The molecule has 29 heavy (non-hydrogen) atoms. The average Bonchev–Trinajstić information content (AvgIpc) is 3.21. The monoisotopic (exact) mass is 389 g/mol. The molecule has 150 valence electrons. The number of nitrogens with zero attached hydrogens (tertiary/aromatic N) is 2. The van der Waals surface area contributed by atoms with Crippen LogP contribution < -0.4 is 10.1 Å². The van der Waals surface area contributed by atoms with E-state index in [0.29, 0.717) is 5.69 Å². The van der Waals surface area contributed by atoms with Crippen LogP contribution in [0.25, 0.3) is 16.9 Å². The summed E-state index contributed by atoms with van der Waals surface area (Å²) >= 11 is 0. The van der Waals surface area contributed by atoms with Crippen molar-refractivity contribution >= 4 is 5.91 Å². The summed E-state index contributed by atoms with van der Waals surface area (Å²) in [5, 5.41) is 7.99. The summed E-state index contributed by atoms with van der Waals surface area (Å²) in [4.78, 5) is 13.1. The third-order valence-corrected chi connectivity index (χ3v) is 5.53. The Morgan fingerprint density at radius 2 is 1.83 bits per heavy atom. The Balaban J connectivity index is 1.71. The third-order valence-electron chi connectivity index (χ3n) is 5.53. The quantitative estimate of drug-likeness (QED) is 0.674. The Morgan fingerprint density at radius 3 is 2.55 bits per heavy atom. The van der Waals surface area contributed by atoms with Crippen LogP contribution in [0.15, 0.2) is 54.6 Å². The molecule has 0 spiro atoms. The third kappa shape index (κ3) is 4.34. The maximum absolute atomic E-state index is 13.1. The number of aryl methyl sites for hydroxylation is 1. The van der Waals surface area contributed by atoms with Crippen molar-refractivity contribution in [3.8, 4) is 22.7 Å². The molecule has 1 aliphatic rings. The lowest BCUT2D eigenvalue weighted by Crippen LogP contribution is -2.37. The van der Waals surface area contributed by atoms with Crippen molar-refractivity contribution in [2.75, 3.05) is 7.11 Å². The van der Waals surface area contributed by atoms with E-state index in [9.17, 15) is 4.79 Å². The zero-order valence-corrected chi connectivity index (χ0v) is 17.0. The number of aromatic nitrogens is 2. The van der Waals surface area contributed by atoms with Gasteiger partial charge in [-0.2, -0.15) is 5.10 Å². The van der Waals surface area contributed by atoms with Gasteiger partial charge < -0.3 is 10.1 Å². The van der Waals surface area contributed by atoms with Gasteiger partial charge in [0.05, 0.1) is 18.5 Å². The molecule has 0 unspecified atom stereocenters. The van der Waals surface area contributed by atoms with Gasteiger partial charge in [0.15, 0.2) is 0 Å². The van der Waals surface area contributed by atoms with E-state index in [4.69, 9.17) is 9.84 Å². The second-order valence-electron chi connectivity index (χ2n) is 7.70. The lowest BCUT2D eigenvalue weighted by Gasteiger charge is -2.22. The van der Waals surface area contributed by atoms with Gasteiger partial charge in [-0.25, -0.2) is 4.68 Å². The van der Waals surface area contributed by atoms with Crippen LogP contribution in [0.5, 0.6) is 5.75 Å². The van der Waals surface area contributed by atoms with Gasteiger partial charge in [-0.05, 0) is 50.1 Å². The zero-order chi connectivity index (χ0) is 20.2. The van der Waals surface area contributed by atoms with Crippen LogP contribution in [-0.4, -0.2) is 28.8 Å². The molecule has 0 atom stereocenters. The highest BCUT2D eigenvalue weighted by Gasteiger charge is 2.22. The number of hydrogen-bond acceptors (Lipinski definition) is 3. The summed E-state index contributed by atoms with van der Waals surface area (Å²) in [7, 11) is 1.65. The molecule has 5 nitrogen and oxygen atoms in total. The van der Waals surface area contributed by atoms with E-state index in [2.05, 4.69) is 5.32 Å². The van der Waals surface area contributed by atoms with E-state index in [1.807, 2.05) is 61.5 Å². The van der Waals surface area contributed by atoms with Crippen LogP contribution in [0.1, 0.15) is 48.2 Å². The molecule has 1 aliphatic carbocycles.